The van der Waals surface area contributed by atoms with Gasteiger partial charge in [0.2, 0.25) is 0 Å². The first kappa shape index (κ1) is 10.4. The Hall–Kier alpha value is -1.65. The molecule has 0 aliphatic heterocycles. The highest BCUT2D eigenvalue weighted by Gasteiger charge is 2.13. The van der Waals surface area contributed by atoms with Crippen molar-refractivity contribution in [1.29, 1.82) is 5.41 Å². The summed E-state index contributed by atoms with van der Waals surface area (Å²) in [5.41, 5.74) is 5.84. The summed E-state index contributed by atoms with van der Waals surface area (Å²) in [5.74, 6) is 0.593. The molecule has 1 aromatic rings. The minimum atomic E-state index is -0.0550. The molecular formula is C9H15N5. The minimum absolute atomic E-state index is 0.0550. The van der Waals surface area contributed by atoms with Gasteiger partial charge < -0.3 is 10.6 Å². The number of nitrogen functional groups attached to an aromatic ring is 1. The van der Waals surface area contributed by atoms with Gasteiger partial charge in [0.25, 0.3) is 0 Å². The highest BCUT2D eigenvalue weighted by Crippen LogP contribution is 2.14. The molecule has 0 bridgehead atoms. The van der Waals surface area contributed by atoms with Gasteiger partial charge >= 0.3 is 0 Å². The van der Waals surface area contributed by atoms with Crippen LogP contribution in [0.4, 0.5) is 5.82 Å². The molecule has 14 heavy (non-hydrogen) atoms. The summed E-state index contributed by atoms with van der Waals surface area (Å²) in [7, 11) is 1.90. The summed E-state index contributed by atoms with van der Waals surface area (Å²) in [6, 6.07) is 0.296. The van der Waals surface area contributed by atoms with Crippen molar-refractivity contribution in [3.8, 4) is 0 Å². The van der Waals surface area contributed by atoms with Gasteiger partial charge in [-0.25, -0.2) is 9.97 Å². The Morgan fingerprint density at radius 3 is 2.50 bits per heavy atom. The molecule has 5 heteroatoms. The number of amidine groups is 1. The topological polar surface area (TPSA) is 78.9 Å². The first-order valence-electron chi connectivity index (χ1n) is 4.42. The van der Waals surface area contributed by atoms with Gasteiger partial charge in [-0.05, 0) is 13.8 Å². The molecule has 3 N–H and O–H groups in total. The molecule has 1 rings (SSSR count). The Kier molecular flexibility index (Phi) is 3.01. The van der Waals surface area contributed by atoms with Crippen LogP contribution in [-0.2, 0) is 0 Å². The average molecular weight is 193 g/mol. The third-order valence-electron chi connectivity index (χ3n) is 2.04. The second-order valence-corrected chi connectivity index (χ2v) is 3.35. The van der Waals surface area contributed by atoms with Crippen LogP contribution in [0.3, 0.4) is 0 Å². The van der Waals surface area contributed by atoms with Crippen LogP contribution in [0.1, 0.15) is 19.5 Å². The Labute approximate surface area is 83.5 Å². The predicted octanol–water partition coefficient (Wildman–Crippen LogP) is 0.605. The minimum Gasteiger partial charge on any atom is -0.382 e. The molecule has 0 unspecified atom stereocenters. The molecule has 0 atom stereocenters. The van der Waals surface area contributed by atoms with Crippen LogP contribution in [0.5, 0.6) is 0 Å². The fourth-order valence-corrected chi connectivity index (χ4v) is 1.02. The fourth-order valence-electron chi connectivity index (χ4n) is 1.02. The van der Waals surface area contributed by atoms with Crippen molar-refractivity contribution in [2.24, 2.45) is 5.73 Å². The number of nitrogens with zero attached hydrogens (tertiary/aromatic N) is 3. The highest BCUT2D eigenvalue weighted by atomic mass is 15.2. The maximum atomic E-state index is 7.36. The molecule has 0 saturated carbocycles. The van der Waals surface area contributed by atoms with Gasteiger partial charge in [0.05, 0.1) is 0 Å². The lowest BCUT2D eigenvalue weighted by molar-refractivity contribution is 0.739. The van der Waals surface area contributed by atoms with E-state index in [1.807, 2.05) is 25.8 Å². The molecule has 0 aliphatic rings. The standard InChI is InChI=1S/C9H15N5/c1-6(2)14(3)9-7(8(10)11)12-4-5-13-9/h4-6H,1-3H3,(H3,10,11). The van der Waals surface area contributed by atoms with Crippen molar-refractivity contribution >= 4 is 11.7 Å². The lowest BCUT2D eigenvalue weighted by Crippen LogP contribution is -2.30. The fraction of sp³-hybridized carbons (Fsp3) is 0.444. The lowest BCUT2D eigenvalue weighted by atomic mass is 10.3. The number of hydrogen-bond acceptors (Lipinski definition) is 4. The van der Waals surface area contributed by atoms with Crippen LogP contribution in [0.15, 0.2) is 12.4 Å². The number of nitrogens with two attached hydrogens (primary N) is 1. The number of hydrogen-bond donors (Lipinski definition) is 2. The van der Waals surface area contributed by atoms with E-state index >= 15 is 0 Å². The maximum Gasteiger partial charge on any atom is 0.158 e. The average Bonchev–Trinajstić information content (AvgIpc) is 2.16. The van der Waals surface area contributed by atoms with Gasteiger partial charge in [0, 0.05) is 25.5 Å². The zero-order valence-corrected chi connectivity index (χ0v) is 8.65. The van der Waals surface area contributed by atoms with Crippen molar-refractivity contribution < 1.29 is 0 Å². The molecule has 0 aliphatic carbocycles. The molecular weight excluding hydrogens is 178 g/mol. The van der Waals surface area contributed by atoms with Gasteiger partial charge in [-0.1, -0.05) is 0 Å². The molecule has 0 aromatic carbocycles. The predicted molar refractivity (Wildman–Crippen MR) is 56.6 cm³/mol. The van der Waals surface area contributed by atoms with Crippen molar-refractivity contribution in [3.63, 3.8) is 0 Å². The summed E-state index contributed by atoms with van der Waals surface area (Å²) < 4.78 is 0. The smallest absolute Gasteiger partial charge is 0.158 e. The summed E-state index contributed by atoms with van der Waals surface area (Å²) >= 11 is 0. The zero-order valence-electron chi connectivity index (χ0n) is 8.65. The van der Waals surface area contributed by atoms with Crippen molar-refractivity contribution in [2.45, 2.75) is 19.9 Å². The van der Waals surface area contributed by atoms with E-state index in [-0.39, 0.29) is 5.84 Å². The van der Waals surface area contributed by atoms with Crippen LogP contribution >= 0.6 is 0 Å². The number of aromatic nitrogens is 2. The molecule has 0 fully saturated rings. The van der Waals surface area contributed by atoms with Crippen LogP contribution in [0.2, 0.25) is 0 Å². The molecule has 1 aromatic heterocycles. The van der Waals surface area contributed by atoms with Gasteiger partial charge in [0.15, 0.2) is 5.82 Å². The number of nitrogens with one attached hydrogen (secondary N) is 1. The first-order chi connectivity index (χ1) is 6.54. The molecule has 1 heterocycles. The number of anilines is 1. The van der Waals surface area contributed by atoms with Crippen LogP contribution in [-0.4, -0.2) is 28.9 Å². The van der Waals surface area contributed by atoms with E-state index in [4.69, 9.17) is 11.1 Å². The van der Waals surface area contributed by atoms with E-state index in [0.29, 0.717) is 17.6 Å². The molecule has 5 nitrogen and oxygen atoms in total. The number of rotatable bonds is 3. The highest BCUT2D eigenvalue weighted by molar-refractivity contribution is 5.97. The Balaban J connectivity index is 3.13. The van der Waals surface area contributed by atoms with Crippen LogP contribution in [0, 0.1) is 5.41 Å². The summed E-state index contributed by atoms with van der Waals surface area (Å²) in [4.78, 5) is 10.1. The van der Waals surface area contributed by atoms with Gasteiger partial charge in [-0.2, -0.15) is 0 Å². The molecule has 0 radical (unpaired) electrons. The van der Waals surface area contributed by atoms with Crippen molar-refractivity contribution in [3.05, 3.63) is 18.1 Å². The van der Waals surface area contributed by atoms with E-state index in [9.17, 15) is 0 Å². The normalized spacial score (nSPS) is 10.3. The zero-order chi connectivity index (χ0) is 10.7. The van der Waals surface area contributed by atoms with Gasteiger partial charge in [-0.15, -0.1) is 0 Å². The van der Waals surface area contributed by atoms with Crippen molar-refractivity contribution in [2.75, 3.05) is 11.9 Å². The van der Waals surface area contributed by atoms with E-state index in [2.05, 4.69) is 9.97 Å². The molecule has 0 amide bonds. The van der Waals surface area contributed by atoms with Crippen molar-refractivity contribution in [1.82, 2.24) is 9.97 Å². The van der Waals surface area contributed by atoms with E-state index in [0.717, 1.165) is 0 Å². The van der Waals surface area contributed by atoms with E-state index in [1.165, 1.54) is 6.20 Å². The third-order valence-corrected chi connectivity index (χ3v) is 2.04. The lowest BCUT2D eigenvalue weighted by Gasteiger charge is -2.23. The SMILES string of the molecule is CC(C)N(C)c1nccnc1C(=N)N. The molecule has 0 spiro atoms. The first-order valence-corrected chi connectivity index (χ1v) is 4.42. The Morgan fingerprint density at radius 1 is 1.43 bits per heavy atom. The Morgan fingerprint density at radius 2 is 2.00 bits per heavy atom. The van der Waals surface area contributed by atoms with Gasteiger partial charge in [0.1, 0.15) is 11.5 Å². The summed E-state index contributed by atoms with van der Waals surface area (Å²) in [6.45, 7) is 4.08. The largest absolute Gasteiger partial charge is 0.382 e. The second kappa shape index (κ2) is 4.04. The third kappa shape index (κ3) is 1.99. The van der Waals surface area contributed by atoms with Crippen LogP contribution in [0.25, 0.3) is 0 Å². The van der Waals surface area contributed by atoms with E-state index < -0.39 is 0 Å². The Bertz CT molecular complexity index is 334. The summed E-state index contributed by atoms with van der Waals surface area (Å²) in [6.07, 6.45) is 3.13. The maximum absolute atomic E-state index is 7.36. The molecule has 0 saturated heterocycles. The molecule has 76 valence electrons. The van der Waals surface area contributed by atoms with E-state index in [1.54, 1.807) is 6.20 Å². The second-order valence-electron chi connectivity index (χ2n) is 3.35. The summed E-state index contributed by atoms with van der Waals surface area (Å²) in [5, 5.41) is 7.36. The van der Waals surface area contributed by atoms with Crippen LogP contribution < -0.4 is 10.6 Å². The van der Waals surface area contributed by atoms with Gasteiger partial charge in [-0.3, -0.25) is 5.41 Å². The monoisotopic (exact) mass is 193 g/mol. The quantitative estimate of drug-likeness (QED) is 0.544.